The average Bonchev–Trinajstić information content (AvgIpc) is 3.53. The highest BCUT2D eigenvalue weighted by Crippen LogP contribution is 2.28. The van der Waals surface area contributed by atoms with Crippen LogP contribution in [0.1, 0.15) is 18.4 Å². The number of fused-ring (bicyclic) bond motifs is 1. The number of nitrogens with zero attached hydrogens (tertiary/aromatic N) is 5. The van der Waals surface area contributed by atoms with Gasteiger partial charge in [-0.2, -0.15) is 10.1 Å². The van der Waals surface area contributed by atoms with Crippen molar-refractivity contribution in [3.8, 4) is 34.1 Å². The Hall–Kier alpha value is -4.40. The summed E-state index contributed by atoms with van der Waals surface area (Å²) in [6.07, 6.45) is 4.37. The zero-order valence-electron chi connectivity index (χ0n) is 19.1. The Morgan fingerprint density at radius 1 is 0.941 bits per heavy atom. The third kappa shape index (κ3) is 4.03. The molecule has 9 heteroatoms. The number of benzene rings is 2. The lowest BCUT2D eigenvalue weighted by Crippen LogP contribution is -2.21. The Balaban J connectivity index is 1.43. The van der Waals surface area contributed by atoms with E-state index in [1.807, 2.05) is 12.1 Å². The van der Waals surface area contributed by atoms with Gasteiger partial charge in [0.05, 0.1) is 19.9 Å². The first kappa shape index (κ1) is 21.4. The van der Waals surface area contributed by atoms with Crippen molar-refractivity contribution in [3.05, 3.63) is 82.7 Å². The first-order valence-electron chi connectivity index (χ1n) is 10.8. The third-order valence-corrected chi connectivity index (χ3v) is 5.64. The SMILES string of the molecule is CCc1ccc(-c2cc3c(=O)n(Cc4nc(-c5cc(OC)cc(OC)c5)no4)ccn3n2)cc1. The van der Waals surface area contributed by atoms with Gasteiger partial charge in [-0.05, 0) is 30.2 Å². The van der Waals surface area contributed by atoms with E-state index in [1.165, 1.54) is 10.1 Å². The summed E-state index contributed by atoms with van der Waals surface area (Å²) in [6, 6.07) is 15.3. The van der Waals surface area contributed by atoms with Crippen LogP contribution in [-0.2, 0) is 13.0 Å². The molecule has 0 aliphatic carbocycles. The van der Waals surface area contributed by atoms with Gasteiger partial charge in [0, 0.05) is 29.6 Å². The van der Waals surface area contributed by atoms with Crippen molar-refractivity contribution >= 4 is 5.52 Å². The van der Waals surface area contributed by atoms with Crippen LogP contribution in [0.15, 0.2) is 70.2 Å². The van der Waals surface area contributed by atoms with Crippen LogP contribution in [0.2, 0.25) is 0 Å². The van der Waals surface area contributed by atoms with E-state index in [1.54, 1.807) is 55.4 Å². The molecule has 5 rings (SSSR count). The Morgan fingerprint density at radius 3 is 2.35 bits per heavy atom. The number of aryl methyl sites for hydroxylation is 1. The molecule has 0 aliphatic heterocycles. The van der Waals surface area contributed by atoms with Gasteiger partial charge in [-0.3, -0.25) is 4.79 Å². The standard InChI is InChI=1S/C25H23N5O4/c1-4-16-5-7-17(8-6-16)21-14-22-25(31)29(9-10-30(22)27-21)15-23-26-24(28-34-23)18-11-19(32-2)13-20(12-18)33-3/h5-14H,4,15H2,1-3H3. The Bertz CT molecular complexity index is 1490. The van der Waals surface area contributed by atoms with Gasteiger partial charge >= 0.3 is 0 Å². The fourth-order valence-corrected chi connectivity index (χ4v) is 3.72. The third-order valence-electron chi connectivity index (χ3n) is 5.64. The Kier molecular flexibility index (Phi) is 5.59. The van der Waals surface area contributed by atoms with Crippen molar-refractivity contribution in [2.75, 3.05) is 14.2 Å². The quantitative estimate of drug-likeness (QED) is 0.366. The molecule has 0 N–H and O–H groups in total. The zero-order chi connectivity index (χ0) is 23.7. The minimum absolute atomic E-state index is 0.134. The molecule has 2 aromatic carbocycles. The number of methoxy groups -OCH3 is 2. The van der Waals surface area contributed by atoms with E-state index in [0.29, 0.717) is 34.3 Å². The van der Waals surface area contributed by atoms with Crippen molar-refractivity contribution in [2.45, 2.75) is 19.9 Å². The molecule has 0 saturated carbocycles. The summed E-state index contributed by atoms with van der Waals surface area (Å²) in [6.45, 7) is 2.25. The average molecular weight is 457 g/mol. The number of hydrogen-bond acceptors (Lipinski definition) is 7. The van der Waals surface area contributed by atoms with E-state index >= 15 is 0 Å². The van der Waals surface area contributed by atoms with Crippen molar-refractivity contribution in [3.63, 3.8) is 0 Å². The maximum atomic E-state index is 13.1. The highest BCUT2D eigenvalue weighted by atomic mass is 16.5. The highest BCUT2D eigenvalue weighted by molar-refractivity contribution is 5.65. The molecule has 9 nitrogen and oxygen atoms in total. The summed E-state index contributed by atoms with van der Waals surface area (Å²) in [5.74, 6) is 1.91. The molecule has 3 heterocycles. The van der Waals surface area contributed by atoms with Crippen molar-refractivity contribution < 1.29 is 14.0 Å². The smallest absolute Gasteiger partial charge is 0.277 e. The molecule has 0 radical (unpaired) electrons. The summed E-state index contributed by atoms with van der Waals surface area (Å²) in [7, 11) is 3.15. The zero-order valence-corrected chi connectivity index (χ0v) is 19.1. The summed E-state index contributed by atoms with van der Waals surface area (Å²) >= 11 is 0. The Labute approximate surface area is 195 Å². The van der Waals surface area contributed by atoms with Gasteiger partial charge in [0.15, 0.2) is 0 Å². The van der Waals surface area contributed by atoms with E-state index in [9.17, 15) is 4.79 Å². The predicted molar refractivity (Wildman–Crippen MR) is 126 cm³/mol. The van der Waals surface area contributed by atoms with Crippen molar-refractivity contribution in [1.29, 1.82) is 0 Å². The molecule has 0 aliphatic rings. The molecule has 0 saturated heterocycles. The predicted octanol–water partition coefficient (Wildman–Crippen LogP) is 3.84. The van der Waals surface area contributed by atoms with Gasteiger partial charge in [-0.1, -0.05) is 36.3 Å². The normalized spacial score (nSPS) is 11.1. The molecular weight excluding hydrogens is 434 g/mol. The lowest BCUT2D eigenvalue weighted by Gasteiger charge is -2.05. The minimum Gasteiger partial charge on any atom is -0.497 e. The summed E-state index contributed by atoms with van der Waals surface area (Å²) in [4.78, 5) is 17.5. The maximum Gasteiger partial charge on any atom is 0.277 e. The number of hydrogen-bond donors (Lipinski definition) is 0. The van der Waals surface area contributed by atoms with Crippen molar-refractivity contribution in [1.82, 2.24) is 24.3 Å². The van der Waals surface area contributed by atoms with E-state index < -0.39 is 0 Å². The molecule has 5 aromatic rings. The van der Waals surface area contributed by atoms with Gasteiger partial charge in [-0.15, -0.1) is 0 Å². The summed E-state index contributed by atoms with van der Waals surface area (Å²) in [5.41, 5.74) is 3.90. The highest BCUT2D eigenvalue weighted by Gasteiger charge is 2.14. The monoisotopic (exact) mass is 457 g/mol. The molecule has 0 atom stereocenters. The van der Waals surface area contributed by atoms with E-state index in [2.05, 4.69) is 34.3 Å². The molecule has 0 amide bonds. The van der Waals surface area contributed by atoms with Gasteiger partial charge in [0.25, 0.3) is 5.56 Å². The lowest BCUT2D eigenvalue weighted by molar-refractivity contribution is 0.370. The van der Waals surface area contributed by atoms with Gasteiger partial charge in [-0.25, -0.2) is 4.52 Å². The number of rotatable bonds is 7. The maximum absolute atomic E-state index is 13.1. The van der Waals surface area contributed by atoms with Gasteiger partial charge in [0.1, 0.15) is 23.6 Å². The van der Waals surface area contributed by atoms with Crippen LogP contribution in [0.4, 0.5) is 0 Å². The first-order chi connectivity index (χ1) is 16.6. The van der Waals surface area contributed by atoms with Crippen molar-refractivity contribution in [2.24, 2.45) is 0 Å². The lowest BCUT2D eigenvalue weighted by atomic mass is 10.1. The number of aromatic nitrogens is 5. The summed E-state index contributed by atoms with van der Waals surface area (Å²) in [5, 5.41) is 8.61. The molecule has 0 spiro atoms. The van der Waals surface area contributed by atoms with Crippen LogP contribution in [0.25, 0.3) is 28.2 Å². The summed E-state index contributed by atoms with van der Waals surface area (Å²) < 4.78 is 19.1. The van der Waals surface area contributed by atoms with Crippen LogP contribution < -0.4 is 15.0 Å². The molecule has 0 unspecified atom stereocenters. The topological polar surface area (TPSA) is 96.7 Å². The van der Waals surface area contributed by atoms with Gasteiger partial charge < -0.3 is 18.6 Å². The van der Waals surface area contributed by atoms with Crippen LogP contribution >= 0.6 is 0 Å². The van der Waals surface area contributed by atoms with Crippen LogP contribution in [0.5, 0.6) is 11.5 Å². The van der Waals surface area contributed by atoms with E-state index in [0.717, 1.165) is 17.7 Å². The molecule has 0 bridgehead atoms. The second kappa shape index (κ2) is 8.86. The second-order valence-corrected chi connectivity index (χ2v) is 7.75. The largest absolute Gasteiger partial charge is 0.497 e. The molecule has 0 fully saturated rings. The minimum atomic E-state index is -0.200. The molecular formula is C25H23N5O4. The van der Waals surface area contributed by atoms with Gasteiger partial charge in [0.2, 0.25) is 11.7 Å². The van der Waals surface area contributed by atoms with E-state index in [-0.39, 0.29) is 12.1 Å². The molecule has 34 heavy (non-hydrogen) atoms. The molecule has 3 aromatic heterocycles. The second-order valence-electron chi connectivity index (χ2n) is 7.75. The molecule has 172 valence electrons. The van der Waals surface area contributed by atoms with Crippen LogP contribution in [0, 0.1) is 0 Å². The fourth-order valence-electron chi connectivity index (χ4n) is 3.72. The van der Waals surface area contributed by atoms with Crippen LogP contribution in [0.3, 0.4) is 0 Å². The number of ether oxygens (including phenoxy) is 2. The fraction of sp³-hybridized carbons (Fsp3) is 0.200. The van der Waals surface area contributed by atoms with E-state index in [4.69, 9.17) is 14.0 Å². The van der Waals surface area contributed by atoms with Crippen LogP contribution in [-0.4, -0.2) is 38.5 Å². The first-order valence-corrected chi connectivity index (χ1v) is 10.8. The Morgan fingerprint density at radius 2 is 1.68 bits per heavy atom.